The highest BCUT2D eigenvalue weighted by Crippen LogP contribution is 2.38. The number of nitrogens with zero attached hydrogens (tertiary/aromatic N) is 2. The maximum Gasteiger partial charge on any atom is 0.491 e. The maximum absolute atomic E-state index is 6.05. The van der Waals surface area contributed by atoms with Crippen LogP contribution in [0.15, 0.2) is 23.8 Å². The van der Waals surface area contributed by atoms with Gasteiger partial charge in [0.1, 0.15) is 5.82 Å². The number of aromatic nitrogens is 1. The van der Waals surface area contributed by atoms with Gasteiger partial charge in [-0.1, -0.05) is 6.08 Å². The van der Waals surface area contributed by atoms with E-state index in [0.717, 1.165) is 16.9 Å². The molecule has 0 bridgehead atoms. The van der Waals surface area contributed by atoms with E-state index in [2.05, 4.69) is 4.98 Å². The number of hydrogen-bond donors (Lipinski definition) is 1. The van der Waals surface area contributed by atoms with Gasteiger partial charge in [0.2, 0.25) is 0 Å². The molecule has 6 heteroatoms. The molecule has 5 nitrogen and oxygen atoms in total. The molecule has 1 fully saturated rings. The molecule has 2 N–H and O–H groups in total. The maximum atomic E-state index is 6.05. The molecule has 0 unspecified atom stereocenters. The molecular formula is C16H26BN3O2. The van der Waals surface area contributed by atoms with Gasteiger partial charge in [-0.25, -0.2) is 4.98 Å². The first-order valence-electron chi connectivity index (χ1n) is 7.56. The minimum Gasteiger partial charge on any atom is -0.400 e. The highest BCUT2D eigenvalue weighted by atomic mass is 16.7. The summed E-state index contributed by atoms with van der Waals surface area (Å²) in [6.07, 6.45) is 3.82. The van der Waals surface area contributed by atoms with E-state index in [1.807, 2.05) is 71.1 Å². The third kappa shape index (κ3) is 3.34. The van der Waals surface area contributed by atoms with Gasteiger partial charge in [0.05, 0.1) is 11.2 Å². The predicted octanol–water partition coefficient (Wildman–Crippen LogP) is 2.12. The first kappa shape index (κ1) is 17.0. The van der Waals surface area contributed by atoms with E-state index in [4.69, 9.17) is 15.0 Å². The van der Waals surface area contributed by atoms with Crippen LogP contribution in [0.5, 0.6) is 0 Å². The van der Waals surface area contributed by atoms with Gasteiger partial charge in [0, 0.05) is 26.8 Å². The molecule has 1 aliphatic rings. The molecule has 0 amide bonds. The van der Waals surface area contributed by atoms with E-state index >= 15 is 0 Å². The Labute approximate surface area is 133 Å². The molecule has 120 valence electrons. The van der Waals surface area contributed by atoms with Crippen LogP contribution in [0.2, 0.25) is 0 Å². The van der Waals surface area contributed by atoms with Gasteiger partial charge in [-0.2, -0.15) is 0 Å². The van der Waals surface area contributed by atoms with Gasteiger partial charge in [-0.15, -0.1) is 0 Å². The first-order valence-corrected chi connectivity index (χ1v) is 7.56. The SMILES string of the molecule is CN(C)c1ccc(C=C(CN)B2OC(C)(C)C(C)(C)O2)cn1. The lowest BCUT2D eigenvalue weighted by Crippen LogP contribution is -2.41. The average Bonchev–Trinajstić information content (AvgIpc) is 2.65. The zero-order valence-corrected chi connectivity index (χ0v) is 14.4. The predicted molar refractivity (Wildman–Crippen MR) is 91.7 cm³/mol. The molecule has 22 heavy (non-hydrogen) atoms. The quantitative estimate of drug-likeness (QED) is 0.863. The van der Waals surface area contributed by atoms with Crippen LogP contribution in [0.3, 0.4) is 0 Å². The number of rotatable bonds is 4. The Morgan fingerprint density at radius 1 is 1.23 bits per heavy atom. The van der Waals surface area contributed by atoms with Crippen molar-refractivity contribution in [1.82, 2.24) is 4.98 Å². The fraction of sp³-hybridized carbons (Fsp3) is 0.562. The average molecular weight is 303 g/mol. The van der Waals surface area contributed by atoms with Gasteiger partial charge in [-0.05, 0) is 50.9 Å². The van der Waals surface area contributed by atoms with Gasteiger partial charge < -0.3 is 19.9 Å². The third-order valence-corrected chi connectivity index (χ3v) is 4.37. The zero-order chi connectivity index (χ0) is 16.5. The molecule has 0 saturated carbocycles. The number of hydrogen-bond acceptors (Lipinski definition) is 5. The molecule has 0 aliphatic carbocycles. The second kappa shape index (κ2) is 6.03. The fourth-order valence-electron chi connectivity index (χ4n) is 2.18. The minimum atomic E-state index is -0.413. The van der Waals surface area contributed by atoms with E-state index in [0.29, 0.717) is 6.54 Å². The van der Waals surface area contributed by atoms with Crippen LogP contribution >= 0.6 is 0 Å². The molecule has 1 saturated heterocycles. The molecule has 1 aromatic rings. The summed E-state index contributed by atoms with van der Waals surface area (Å²) < 4.78 is 12.1. The molecule has 0 spiro atoms. The van der Waals surface area contributed by atoms with Crippen LogP contribution in [0.4, 0.5) is 5.82 Å². The summed E-state index contributed by atoms with van der Waals surface area (Å²) in [5.74, 6) is 0.919. The van der Waals surface area contributed by atoms with E-state index in [1.54, 1.807) is 0 Å². The Balaban J connectivity index is 2.22. The van der Waals surface area contributed by atoms with Crippen LogP contribution in [-0.4, -0.2) is 43.9 Å². The summed E-state index contributed by atoms with van der Waals surface area (Å²) >= 11 is 0. The highest BCUT2D eigenvalue weighted by Gasteiger charge is 2.52. The van der Waals surface area contributed by atoms with Crippen molar-refractivity contribution in [2.24, 2.45) is 5.73 Å². The smallest absolute Gasteiger partial charge is 0.400 e. The molecular weight excluding hydrogens is 277 g/mol. The van der Waals surface area contributed by atoms with E-state index in [1.165, 1.54) is 0 Å². The van der Waals surface area contributed by atoms with Gasteiger partial charge >= 0.3 is 7.12 Å². The van der Waals surface area contributed by atoms with Crippen LogP contribution in [-0.2, 0) is 9.31 Å². The van der Waals surface area contributed by atoms with E-state index < -0.39 is 7.12 Å². The third-order valence-electron chi connectivity index (χ3n) is 4.37. The van der Waals surface area contributed by atoms with Crippen molar-refractivity contribution < 1.29 is 9.31 Å². The Morgan fingerprint density at radius 2 is 1.82 bits per heavy atom. The summed E-state index contributed by atoms with van der Waals surface area (Å²) in [5.41, 5.74) is 7.08. The first-order chi connectivity index (χ1) is 10.2. The topological polar surface area (TPSA) is 60.6 Å². The van der Waals surface area contributed by atoms with E-state index in [-0.39, 0.29) is 11.2 Å². The standard InChI is InChI=1S/C16H26BN3O2/c1-15(2)16(3,4)22-17(21-15)13(10-18)9-12-7-8-14(19-11-12)20(5)6/h7-9,11H,10,18H2,1-6H3. The molecule has 2 heterocycles. The largest absolute Gasteiger partial charge is 0.491 e. The summed E-state index contributed by atoms with van der Waals surface area (Å²) in [5, 5.41) is 0. The summed E-state index contributed by atoms with van der Waals surface area (Å²) in [6.45, 7) is 8.53. The lowest BCUT2D eigenvalue weighted by atomic mass is 9.77. The second-order valence-electron chi connectivity index (χ2n) is 6.86. The Kier molecular flexibility index (Phi) is 4.66. The van der Waals surface area contributed by atoms with Crippen molar-refractivity contribution in [1.29, 1.82) is 0 Å². The van der Waals surface area contributed by atoms with Crippen molar-refractivity contribution in [3.8, 4) is 0 Å². The van der Waals surface area contributed by atoms with Crippen LogP contribution in [0.1, 0.15) is 33.3 Å². The van der Waals surface area contributed by atoms with Crippen LogP contribution in [0, 0.1) is 0 Å². The van der Waals surface area contributed by atoms with Crippen LogP contribution < -0.4 is 10.6 Å². The molecule has 1 aliphatic heterocycles. The fourth-order valence-corrected chi connectivity index (χ4v) is 2.18. The van der Waals surface area contributed by atoms with Crippen LogP contribution in [0.25, 0.3) is 6.08 Å². The Morgan fingerprint density at radius 3 is 2.23 bits per heavy atom. The molecule has 0 radical (unpaired) electrons. The number of pyridine rings is 1. The lowest BCUT2D eigenvalue weighted by molar-refractivity contribution is 0.00578. The summed E-state index contributed by atoms with van der Waals surface area (Å²) in [7, 11) is 3.52. The lowest BCUT2D eigenvalue weighted by Gasteiger charge is -2.32. The Bertz CT molecular complexity index is 537. The number of nitrogens with two attached hydrogens (primary N) is 1. The van der Waals surface area contributed by atoms with Crippen molar-refractivity contribution >= 4 is 19.0 Å². The van der Waals surface area contributed by atoms with Crippen molar-refractivity contribution in [2.45, 2.75) is 38.9 Å². The van der Waals surface area contributed by atoms with Crippen molar-refractivity contribution in [2.75, 3.05) is 25.5 Å². The highest BCUT2D eigenvalue weighted by molar-refractivity contribution is 6.55. The molecule has 1 aromatic heterocycles. The Hall–Kier alpha value is -1.37. The molecule has 0 aromatic carbocycles. The minimum absolute atomic E-state index is 0.362. The zero-order valence-electron chi connectivity index (χ0n) is 14.4. The van der Waals surface area contributed by atoms with E-state index in [9.17, 15) is 0 Å². The van der Waals surface area contributed by atoms with Crippen molar-refractivity contribution in [3.63, 3.8) is 0 Å². The normalized spacial score (nSPS) is 20.3. The monoisotopic (exact) mass is 303 g/mol. The van der Waals surface area contributed by atoms with Gasteiger partial charge in [-0.3, -0.25) is 0 Å². The second-order valence-corrected chi connectivity index (χ2v) is 6.86. The number of anilines is 1. The van der Waals surface area contributed by atoms with Crippen molar-refractivity contribution in [3.05, 3.63) is 29.4 Å². The molecule has 0 atom stereocenters. The van der Waals surface area contributed by atoms with Gasteiger partial charge in [0.15, 0.2) is 0 Å². The summed E-state index contributed by atoms with van der Waals surface area (Å²) in [6, 6.07) is 3.99. The molecule has 2 rings (SSSR count). The summed E-state index contributed by atoms with van der Waals surface area (Å²) in [4.78, 5) is 6.37. The van der Waals surface area contributed by atoms with Gasteiger partial charge in [0.25, 0.3) is 0 Å².